The number of carbonyl (C=O) groups excluding carboxylic acids is 1. The molecule has 2 N–H and O–H groups in total. The van der Waals surface area contributed by atoms with Crippen LogP contribution < -0.4 is 10.5 Å². The molecule has 33 heavy (non-hydrogen) atoms. The number of ether oxygens (including phenoxy) is 1. The van der Waals surface area contributed by atoms with Gasteiger partial charge in [-0.25, -0.2) is 4.98 Å². The largest absolute Gasteiger partial charge is 0.493 e. The number of hydrogen-bond acceptors (Lipinski definition) is 6. The average molecular weight is 445 g/mol. The van der Waals surface area contributed by atoms with Gasteiger partial charge in [0, 0.05) is 46.0 Å². The zero-order valence-corrected chi connectivity index (χ0v) is 18.9. The van der Waals surface area contributed by atoms with E-state index in [-0.39, 0.29) is 24.2 Å². The smallest absolute Gasteiger partial charge is 0.222 e. The molecule has 5 rings (SSSR count). The van der Waals surface area contributed by atoms with Crippen molar-refractivity contribution in [2.24, 2.45) is 4.99 Å². The van der Waals surface area contributed by atoms with E-state index in [0.717, 1.165) is 34.6 Å². The van der Waals surface area contributed by atoms with Crippen LogP contribution >= 0.6 is 0 Å². The van der Waals surface area contributed by atoms with E-state index < -0.39 is 5.95 Å². The summed E-state index contributed by atoms with van der Waals surface area (Å²) in [6, 6.07) is 13.1. The molecule has 0 spiro atoms. The number of pyridine rings is 1. The molecule has 168 valence electrons. The number of rotatable bonds is 3. The molecular weight excluding hydrogens is 419 g/mol. The molecule has 0 radical (unpaired) electrons. The molecule has 2 aromatic carbocycles. The second-order valence-electron chi connectivity index (χ2n) is 8.71. The lowest BCUT2D eigenvalue weighted by molar-refractivity contribution is 0.1000. The highest BCUT2D eigenvalue weighted by Gasteiger charge is 2.25. The van der Waals surface area contributed by atoms with Crippen molar-refractivity contribution in [3.05, 3.63) is 65.1 Å². The minimum Gasteiger partial charge on any atom is -0.493 e. The third-order valence-electron chi connectivity index (χ3n) is 6.44. The van der Waals surface area contributed by atoms with Crippen LogP contribution in [-0.4, -0.2) is 48.6 Å². The third-order valence-corrected chi connectivity index (χ3v) is 6.44. The molecule has 1 atom stereocenters. The normalized spacial score (nSPS) is 17.3. The van der Waals surface area contributed by atoms with E-state index in [0.29, 0.717) is 28.9 Å². The number of nitrogen functional groups attached to an aromatic ring is 1. The second kappa shape index (κ2) is 8.08. The summed E-state index contributed by atoms with van der Waals surface area (Å²) in [6.07, 6.45) is 0.867. The summed E-state index contributed by atoms with van der Waals surface area (Å²) in [5.41, 5.74) is 11.8. The minimum atomic E-state index is -0.625. The Balaban J connectivity index is 1.62. The lowest BCUT2D eigenvalue weighted by atomic mass is 9.91. The number of hydrogen-bond donors (Lipinski definition) is 1. The average Bonchev–Trinajstić information content (AvgIpc) is 2.80. The Kier molecular flexibility index (Phi) is 5.21. The van der Waals surface area contributed by atoms with Gasteiger partial charge < -0.3 is 15.4 Å². The Morgan fingerprint density at radius 1 is 1.03 bits per heavy atom. The number of ketones is 1. The van der Waals surface area contributed by atoms with E-state index in [4.69, 9.17) is 10.5 Å². The molecule has 1 aromatic heterocycles. The Hall–Kier alpha value is -3.58. The van der Waals surface area contributed by atoms with Gasteiger partial charge in [0.25, 0.3) is 0 Å². The van der Waals surface area contributed by atoms with Gasteiger partial charge >= 0.3 is 0 Å². The van der Waals surface area contributed by atoms with Crippen LogP contribution in [0.3, 0.4) is 0 Å². The fourth-order valence-corrected chi connectivity index (χ4v) is 4.63. The number of fused-ring (bicyclic) bond motifs is 2. The number of Topliss-reactive ketones (excluding diaryl/α,β-unsaturated/α-hetero) is 1. The van der Waals surface area contributed by atoms with Crippen LogP contribution in [0.1, 0.15) is 40.9 Å². The Bertz CT molecular complexity index is 1320. The van der Waals surface area contributed by atoms with Crippen LogP contribution in [0.15, 0.2) is 47.5 Å². The molecule has 0 bridgehead atoms. The first-order chi connectivity index (χ1) is 15.8. The summed E-state index contributed by atoms with van der Waals surface area (Å²) >= 11 is 0. The van der Waals surface area contributed by atoms with Crippen LogP contribution in [0, 0.1) is 5.95 Å². The van der Waals surface area contributed by atoms with Crippen molar-refractivity contribution in [3.8, 4) is 28.0 Å². The van der Waals surface area contributed by atoms with Crippen molar-refractivity contribution in [2.45, 2.75) is 19.4 Å². The first kappa shape index (κ1) is 21.3. The van der Waals surface area contributed by atoms with Gasteiger partial charge in [-0.1, -0.05) is 18.2 Å². The van der Waals surface area contributed by atoms with Crippen molar-refractivity contribution < 1.29 is 13.9 Å². The van der Waals surface area contributed by atoms with Crippen LogP contribution in [0.25, 0.3) is 22.3 Å². The highest BCUT2D eigenvalue weighted by Crippen LogP contribution is 2.39. The third kappa shape index (κ3) is 3.68. The number of anilines is 1. The Labute approximate surface area is 191 Å². The maximum atomic E-state index is 15.0. The van der Waals surface area contributed by atoms with E-state index in [1.165, 1.54) is 0 Å². The molecule has 3 aromatic rings. The van der Waals surface area contributed by atoms with Crippen molar-refractivity contribution >= 4 is 17.3 Å². The molecule has 0 unspecified atom stereocenters. The van der Waals surface area contributed by atoms with E-state index in [1.807, 2.05) is 51.4 Å². The van der Waals surface area contributed by atoms with E-state index >= 15 is 4.39 Å². The summed E-state index contributed by atoms with van der Waals surface area (Å²) in [4.78, 5) is 22.7. The molecule has 0 fully saturated rings. The van der Waals surface area contributed by atoms with Crippen LogP contribution in [-0.2, 0) is 0 Å². The highest BCUT2D eigenvalue weighted by molar-refractivity contribution is 6.15. The van der Waals surface area contributed by atoms with E-state index in [9.17, 15) is 4.79 Å². The van der Waals surface area contributed by atoms with Gasteiger partial charge in [0.15, 0.2) is 5.78 Å². The highest BCUT2D eigenvalue weighted by atomic mass is 19.1. The maximum Gasteiger partial charge on any atom is 0.222 e. The van der Waals surface area contributed by atoms with E-state index in [1.54, 1.807) is 12.1 Å². The van der Waals surface area contributed by atoms with Crippen molar-refractivity contribution in [1.29, 1.82) is 0 Å². The summed E-state index contributed by atoms with van der Waals surface area (Å²) in [5, 5.41) is 0. The Morgan fingerprint density at radius 2 is 1.79 bits per heavy atom. The summed E-state index contributed by atoms with van der Waals surface area (Å²) < 4.78 is 20.8. The van der Waals surface area contributed by atoms with Gasteiger partial charge in [0.1, 0.15) is 18.1 Å². The van der Waals surface area contributed by atoms with Gasteiger partial charge in [-0.15, -0.1) is 0 Å². The molecule has 6 nitrogen and oxygen atoms in total. The molecular formula is C26H25FN4O2. The minimum absolute atomic E-state index is 0.0141. The van der Waals surface area contributed by atoms with Gasteiger partial charge in [0.2, 0.25) is 5.95 Å². The number of aromatic nitrogens is 1. The zero-order valence-electron chi connectivity index (χ0n) is 18.9. The predicted octanol–water partition coefficient (Wildman–Crippen LogP) is 4.53. The molecule has 0 saturated heterocycles. The number of nitrogens with zero attached hydrogens (tertiary/aromatic N) is 3. The lowest BCUT2D eigenvalue weighted by Crippen LogP contribution is -2.26. The molecule has 7 heteroatoms. The molecule has 0 saturated carbocycles. The van der Waals surface area contributed by atoms with Gasteiger partial charge in [-0.2, -0.15) is 4.39 Å². The van der Waals surface area contributed by atoms with Crippen LogP contribution in [0.4, 0.5) is 10.2 Å². The lowest BCUT2D eigenvalue weighted by Gasteiger charge is -2.31. The topological polar surface area (TPSA) is 80.8 Å². The van der Waals surface area contributed by atoms with Gasteiger partial charge in [-0.05, 0) is 56.4 Å². The molecule has 3 heterocycles. The van der Waals surface area contributed by atoms with Gasteiger partial charge in [0.05, 0.1) is 6.61 Å². The molecule has 2 aliphatic rings. The summed E-state index contributed by atoms with van der Waals surface area (Å²) in [6.45, 7) is 2.70. The molecule has 2 aliphatic heterocycles. The van der Waals surface area contributed by atoms with Crippen molar-refractivity contribution in [1.82, 2.24) is 9.88 Å². The van der Waals surface area contributed by atoms with Crippen molar-refractivity contribution in [3.63, 3.8) is 0 Å². The molecule has 0 amide bonds. The Morgan fingerprint density at radius 3 is 2.58 bits per heavy atom. The fraction of sp³-hybridized carbons (Fsp3) is 0.269. The number of aliphatic imine (C=N–C) groups is 1. The van der Waals surface area contributed by atoms with E-state index in [2.05, 4.69) is 14.9 Å². The number of halogens is 1. The fourth-order valence-electron chi connectivity index (χ4n) is 4.63. The number of nitrogens with two attached hydrogens (primary N) is 1. The second-order valence-corrected chi connectivity index (χ2v) is 8.71. The zero-order chi connectivity index (χ0) is 23.3. The van der Waals surface area contributed by atoms with Crippen molar-refractivity contribution in [2.75, 3.05) is 33.0 Å². The van der Waals surface area contributed by atoms with Gasteiger partial charge in [-0.3, -0.25) is 9.79 Å². The summed E-state index contributed by atoms with van der Waals surface area (Å²) in [7, 11) is 4.06. The number of benzene rings is 2. The maximum absolute atomic E-state index is 15.0. The first-order valence-corrected chi connectivity index (χ1v) is 10.9. The summed E-state index contributed by atoms with van der Waals surface area (Å²) in [5.74, 6) is 0.280. The first-order valence-electron chi connectivity index (χ1n) is 10.9. The molecule has 0 aliphatic carbocycles. The monoisotopic (exact) mass is 444 g/mol. The predicted molar refractivity (Wildman–Crippen MR) is 127 cm³/mol. The number of carbonyl (C=O) groups is 1. The standard InChI is InChI=1S/C26H25FN4O2/c1-14-18-10-16(4-6-17(18)23(32)13-29-14)20-12-19(25(27)30-26(20)28)15-5-7-24-21(11-15)22(31(2)3)8-9-33-24/h4-7,10-12,22H,8-9,13H2,1-3H3,(H2,28,30)/t22-/m1/s1. The quantitative estimate of drug-likeness (QED) is 0.601. The van der Waals surface area contributed by atoms with Crippen LogP contribution in [0.5, 0.6) is 5.75 Å². The SMILES string of the molecule is CC1=NCC(=O)c2ccc(-c3cc(-c4ccc5c(c4)[C@H](N(C)C)CCO5)c(F)nc3N)cc21. The van der Waals surface area contributed by atoms with Crippen LogP contribution in [0.2, 0.25) is 0 Å².